The summed E-state index contributed by atoms with van der Waals surface area (Å²) in [6, 6.07) is 23.2. The molecule has 1 aliphatic heterocycles. The number of benzene rings is 3. The lowest BCUT2D eigenvalue weighted by Gasteiger charge is -2.32. The highest BCUT2D eigenvalue weighted by atomic mass is 32.2. The van der Waals surface area contributed by atoms with Crippen molar-refractivity contribution < 1.29 is 18.7 Å². The maximum absolute atomic E-state index is 13.5. The number of thioether (sulfide) groups is 1. The van der Waals surface area contributed by atoms with Gasteiger partial charge in [0.2, 0.25) is 11.8 Å². The first kappa shape index (κ1) is 29.3. The Morgan fingerprint density at radius 2 is 1.75 bits per heavy atom. The Labute approximate surface area is 240 Å². The first-order chi connectivity index (χ1) is 19.5. The van der Waals surface area contributed by atoms with Crippen molar-refractivity contribution in [3.8, 4) is 5.75 Å². The predicted molar refractivity (Wildman–Crippen MR) is 161 cm³/mol. The molecule has 6 nitrogen and oxygen atoms in total. The highest BCUT2D eigenvalue weighted by molar-refractivity contribution is 8.15. The van der Waals surface area contributed by atoms with Crippen LogP contribution in [-0.4, -0.2) is 40.3 Å². The minimum atomic E-state index is -0.633. The van der Waals surface area contributed by atoms with Gasteiger partial charge in [-0.15, -0.1) is 0 Å². The van der Waals surface area contributed by atoms with Gasteiger partial charge in [-0.25, -0.2) is 9.38 Å². The summed E-state index contributed by atoms with van der Waals surface area (Å²) in [6.45, 7) is 3.33. The van der Waals surface area contributed by atoms with Gasteiger partial charge in [0.1, 0.15) is 16.8 Å². The van der Waals surface area contributed by atoms with Gasteiger partial charge in [0, 0.05) is 18.7 Å². The second-order valence-corrected chi connectivity index (χ2v) is 10.9. The molecule has 0 bridgehead atoms. The van der Waals surface area contributed by atoms with E-state index in [0.717, 1.165) is 31.4 Å². The molecular weight excluding hydrogens is 525 g/mol. The number of hydrogen-bond acceptors (Lipinski definition) is 5. The molecule has 8 heteroatoms. The SMILES string of the molecule is CCCCCCOc1ccc(NC(=O)C2CC(=O)N(CCCc3ccccc3)C(=Nc3ccc(F)cc3)S2)cc1. The molecule has 210 valence electrons. The predicted octanol–water partition coefficient (Wildman–Crippen LogP) is 7.38. The number of nitrogens with one attached hydrogen (secondary N) is 1. The second kappa shape index (κ2) is 15.2. The Hall–Kier alpha value is -3.65. The summed E-state index contributed by atoms with van der Waals surface area (Å²) in [4.78, 5) is 32.7. The maximum Gasteiger partial charge on any atom is 0.238 e. The lowest BCUT2D eigenvalue weighted by Crippen LogP contribution is -2.45. The van der Waals surface area contributed by atoms with Gasteiger partial charge in [-0.1, -0.05) is 68.3 Å². The second-order valence-electron chi connectivity index (χ2n) is 9.74. The minimum Gasteiger partial charge on any atom is -0.494 e. The highest BCUT2D eigenvalue weighted by Gasteiger charge is 2.35. The molecule has 3 aromatic carbocycles. The summed E-state index contributed by atoms with van der Waals surface area (Å²) in [5, 5.41) is 2.74. The zero-order valence-electron chi connectivity index (χ0n) is 22.9. The van der Waals surface area contributed by atoms with Crippen LogP contribution < -0.4 is 10.1 Å². The molecule has 1 aliphatic rings. The van der Waals surface area contributed by atoms with Gasteiger partial charge in [0.25, 0.3) is 0 Å². The van der Waals surface area contributed by atoms with Gasteiger partial charge in [-0.05, 0) is 73.4 Å². The first-order valence-electron chi connectivity index (χ1n) is 13.9. The number of unbranched alkanes of at least 4 members (excludes halogenated alkanes) is 3. The zero-order valence-corrected chi connectivity index (χ0v) is 23.7. The summed E-state index contributed by atoms with van der Waals surface area (Å²) in [7, 11) is 0. The van der Waals surface area contributed by atoms with Crippen LogP contribution in [0.5, 0.6) is 5.75 Å². The zero-order chi connectivity index (χ0) is 28.2. The van der Waals surface area contributed by atoms with E-state index in [1.54, 1.807) is 29.2 Å². The van der Waals surface area contributed by atoms with Crippen molar-refractivity contribution in [2.75, 3.05) is 18.5 Å². The smallest absolute Gasteiger partial charge is 0.238 e. The molecule has 1 N–H and O–H groups in total. The number of anilines is 1. The number of ether oxygens (including phenoxy) is 1. The maximum atomic E-state index is 13.5. The fourth-order valence-electron chi connectivity index (χ4n) is 4.35. The van der Waals surface area contributed by atoms with Crippen molar-refractivity contribution in [1.29, 1.82) is 0 Å². The molecule has 1 saturated heterocycles. The summed E-state index contributed by atoms with van der Waals surface area (Å²) < 4.78 is 19.2. The molecule has 0 aromatic heterocycles. The average molecular weight is 562 g/mol. The third-order valence-electron chi connectivity index (χ3n) is 6.56. The molecule has 0 saturated carbocycles. The number of carbonyl (C=O) groups excluding carboxylic acids is 2. The summed E-state index contributed by atoms with van der Waals surface area (Å²) in [6.07, 6.45) is 6.21. The van der Waals surface area contributed by atoms with Crippen LogP contribution in [0.3, 0.4) is 0 Å². The van der Waals surface area contributed by atoms with E-state index < -0.39 is 5.25 Å². The van der Waals surface area contributed by atoms with Gasteiger partial charge in [0.05, 0.1) is 12.3 Å². The quantitative estimate of drug-likeness (QED) is 0.221. The Morgan fingerprint density at radius 3 is 2.48 bits per heavy atom. The van der Waals surface area contributed by atoms with E-state index in [0.29, 0.717) is 29.7 Å². The van der Waals surface area contributed by atoms with Crippen LogP contribution in [0.2, 0.25) is 0 Å². The molecule has 40 heavy (non-hydrogen) atoms. The van der Waals surface area contributed by atoms with Crippen LogP contribution in [0.25, 0.3) is 0 Å². The van der Waals surface area contributed by atoms with E-state index in [9.17, 15) is 14.0 Å². The van der Waals surface area contributed by atoms with Crippen LogP contribution in [0.1, 0.15) is 51.0 Å². The number of rotatable bonds is 13. The molecule has 1 atom stereocenters. The number of aryl methyl sites for hydroxylation is 1. The molecule has 0 radical (unpaired) electrons. The van der Waals surface area contributed by atoms with Gasteiger partial charge in [-0.2, -0.15) is 0 Å². The fourth-order valence-corrected chi connectivity index (χ4v) is 5.47. The number of aliphatic imine (C=N–C) groups is 1. The molecular formula is C32H36FN3O3S. The van der Waals surface area contributed by atoms with E-state index in [1.165, 1.54) is 42.3 Å². The Bertz CT molecular complexity index is 1270. The lowest BCUT2D eigenvalue weighted by atomic mass is 10.1. The molecule has 0 spiro atoms. The van der Waals surface area contributed by atoms with E-state index in [-0.39, 0.29) is 24.1 Å². The van der Waals surface area contributed by atoms with Crippen LogP contribution >= 0.6 is 11.8 Å². The molecule has 1 unspecified atom stereocenters. The van der Waals surface area contributed by atoms with Crippen LogP contribution in [-0.2, 0) is 16.0 Å². The van der Waals surface area contributed by atoms with Crippen molar-refractivity contribution in [2.24, 2.45) is 4.99 Å². The Kier molecular flexibility index (Phi) is 11.2. The van der Waals surface area contributed by atoms with E-state index in [4.69, 9.17) is 4.74 Å². The highest BCUT2D eigenvalue weighted by Crippen LogP contribution is 2.30. The molecule has 3 aromatic rings. The Morgan fingerprint density at radius 1 is 1.00 bits per heavy atom. The molecule has 1 heterocycles. The number of halogens is 1. The summed E-state index contributed by atoms with van der Waals surface area (Å²) in [5.74, 6) is -0.0141. The number of amides is 2. The van der Waals surface area contributed by atoms with E-state index >= 15 is 0 Å². The normalized spacial score (nSPS) is 16.2. The lowest BCUT2D eigenvalue weighted by molar-refractivity contribution is -0.129. The van der Waals surface area contributed by atoms with Gasteiger partial charge in [-0.3, -0.25) is 14.5 Å². The number of nitrogens with zero attached hydrogens (tertiary/aromatic N) is 2. The van der Waals surface area contributed by atoms with Crippen molar-refractivity contribution in [3.05, 3.63) is 90.2 Å². The average Bonchev–Trinajstić information content (AvgIpc) is 2.97. The standard InChI is InChI=1S/C32H36FN3O3S/c1-2-3-4-8-22-39-28-19-17-26(18-20-28)34-31(38)29-23-30(37)36(21-9-12-24-10-6-5-7-11-24)32(40-29)35-27-15-13-25(33)14-16-27/h5-7,10-11,13-20,29H,2-4,8-9,12,21-23H2,1H3,(H,34,38). The van der Waals surface area contributed by atoms with E-state index in [2.05, 4.69) is 29.4 Å². The molecule has 4 rings (SSSR count). The third-order valence-corrected chi connectivity index (χ3v) is 7.75. The largest absolute Gasteiger partial charge is 0.494 e. The molecule has 0 aliphatic carbocycles. The number of amidine groups is 1. The third kappa shape index (κ3) is 8.95. The van der Waals surface area contributed by atoms with Gasteiger partial charge < -0.3 is 10.1 Å². The van der Waals surface area contributed by atoms with Crippen molar-refractivity contribution in [1.82, 2.24) is 4.90 Å². The summed E-state index contributed by atoms with van der Waals surface area (Å²) in [5.41, 5.74) is 2.36. The minimum absolute atomic E-state index is 0.0726. The van der Waals surface area contributed by atoms with E-state index in [1.807, 2.05) is 30.3 Å². The first-order valence-corrected chi connectivity index (χ1v) is 14.8. The molecule has 1 fully saturated rings. The van der Waals surface area contributed by atoms with Crippen LogP contribution in [0.4, 0.5) is 15.8 Å². The van der Waals surface area contributed by atoms with Crippen molar-refractivity contribution in [3.63, 3.8) is 0 Å². The topological polar surface area (TPSA) is 71.0 Å². The summed E-state index contributed by atoms with van der Waals surface area (Å²) >= 11 is 1.26. The monoisotopic (exact) mass is 561 g/mol. The Balaban J connectivity index is 1.39. The molecule has 2 amide bonds. The van der Waals surface area contributed by atoms with Gasteiger partial charge >= 0.3 is 0 Å². The van der Waals surface area contributed by atoms with Crippen molar-refractivity contribution in [2.45, 2.75) is 57.1 Å². The van der Waals surface area contributed by atoms with Crippen molar-refractivity contribution >= 4 is 40.1 Å². The number of hydrogen-bond donors (Lipinski definition) is 1. The van der Waals surface area contributed by atoms with Crippen LogP contribution in [0.15, 0.2) is 83.9 Å². The van der Waals surface area contributed by atoms with Gasteiger partial charge in [0.15, 0.2) is 5.17 Å². The fraction of sp³-hybridized carbons (Fsp3) is 0.344. The van der Waals surface area contributed by atoms with Crippen LogP contribution in [0, 0.1) is 5.82 Å². The number of carbonyl (C=O) groups is 2.